The van der Waals surface area contributed by atoms with Crippen LogP contribution in [0.25, 0.3) is 10.9 Å². The fourth-order valence-electron chi connectivity index (χ4n) is 3.66. The first-order chi connectivity index (χ1) is 10.2. The Kier molecular flexibility index (Phi) is 3.05. The lowest BCUT2D eigenvalue weighted by Gasteiger charge is -2.22. The molecule has 1 aliphatic carbocycles. The van der Waals surface area contributed by atoms with E-state index in [4.69, 9.17) is 5.10 Å². The number of benzene rings is 1. The van der Waals surface area contributed by atoms with Crippen LogP contribution < -0.4 is 0 Å². The topological polar surface area (TPSA) is 41.3 Å². The molecule has 4 heteroatoms. The second-order valence-electron chi connectivity index (χ2n) is 6.63. The SMILES string of the molecule is CCn1nc(CC2(O)CCN(C3CC3)C2)c2ccccc21. The highest BCUT2D eigenvalue weighted by Crippen LogP contribution is 2.35. The highest BCUT2D eigenvalue weighted by Gasteiger charge is 2.42. The maximum Gasteiger partial charge on any atom is 0.0842 e. The van der Waals surface area contributed by atoms with Gasteiger partial charge in [-0.1, -0.05) is 18.2 Å². The van der Waals surface area contributed by atoms with E-state index in [0.29, 0.717) is 6.42 Å². The van der Waals surface area contributed by atoms with E-state index in [2.05, 4.69) is 36.1 Å². The van der Waals surface area contributed by atoms with E-state index in [1.165, 1.54) is 23.7 Å². The monoisotopic (exact) mass is 285 g/mol. The lowest BCUT2D eigenvalue weighted by molar-refractivity contribution is 0.0479. The summed E-state index contributed by atoms with van der Waals surface area (Å²) >= 11 is 0. The second kappa shape index (κ2) is 4.82. The van der Waals surface area contributed by atoms with Crippen molar-refractivity contribution in [2.45, 2.75) is 50.8 Å². The molecule has 0 bridgehead atoms. The fraction of sp³-hybridized carbons (Fsp3) is 0.588. The predicted octanol–water partition coefficient (Wildman–Crippen LogP) is 2.20. The highest BCUT2D eigenvalue weighted by molar-refractivity contribution is 5.82. The van der Waals surface area contributed by atoms with Gasteiger partial charge in [0, 0.05) is 37.5 Å². The molecule has 0 radical (unpaired) electrons. The van der Waals surface area contributed by atoms with Crippen LogP contribution in [0.3, 0.4) is 0 Å². The van der Waals surface area contributed by atoms with E-state index < -0.39 is 5.60 Å². The Bertz CT molecular complexity index is 661. The molecule has 1 aliphatic heterocycles. The lowest BCUT2D eigenvalue weighted by Crippen LogP contribution is -2.36. The molecule has 1 aromatic carbocycles. The van der Waals surface area contributed by atoms with E-state index >= 15 is 0 Å². The fourth-order valence-corrected chi connectivity index (χ4v) is 3.66. The zero-order valence-electron chi connectivity index (χ0n) is 12.6. The van der Waals surface area contributed by atoms with E-state index in [1.54, 1.807) is 0 Å². The summed E-state index contributed by atoms with van der Waals surface area (Å²) in [5.74, 6) is 0. The third kappa shape index (κ3) is 2.36. The van der Waals surface area contributed by atoms with Gasteiger partial charge in [-0.2, -0.15) is 5.10 Å². The minimum atomic E-state index is -0.599. The molecule has 2 aliphatic rings. The van der Waals surface area contributed by atoms with E-state index in [1.807, 2.05) is 4.68 Å². The first kappa shape index (κ1) is 13.3. The zero-order chi connectivity index (χ0) is 14.4. The molecule has 1 saturated heterocycles. The summed E-state index contributed by atoms with van der Waals surface area (Å²) in [6.45, 7) is 4.83. The molecule has 1 atom stereocenters. The third-order valence-electron chi connectivity index (χ3n) is 4.96. The Morgan fingerprint density at radius 2 is 2.14 bits per heavy atom. The minimum Gasteiger partial charge on any atom is -0.388 e. The van der Waals surface area contributed by atoms with Gasteiger partial charge in [-0.25, -0.2) is 0 Å². The van der Waals surface area contributed by atoms with Crippen LogP contribution in [-0.4, -0.2) is 44.5 Å². The number of fused-ring (bicyclic) bond motifs is 1. The summed E-state index contributed by atoms with van der Waals surface area (Å²) in [5, 5.41) is 16.9. The molecule has 4 nitrogen and oxygen atoms in total. The summed E-state index contributed by atoms with van der Waals surface area (Å²) in [5.41, 5.74) is 1.63. The number of β-amino-alcohol motifs (C(OH)–C–C–N with tert-alkyl or cyclic N) is 1. The number of nitrogens with zero attached hydrogens (tertiary/aromatic N) is 3. The Hall–Kier alpha value is -1.39. The van der Waals surface area contributed by atoms with Gasteiger partial charge >= 0.3 is 0 Å². The maximum absolute atomic E-state index is 10.9. The van der Waals surface area contributed by atoms with E-state index in [0.717, 1.165) is 37.8 Å². The molecule has 4 rings (SSSR count). The minimum absolute atomic E-state index is 0.599. The molecule has 1 unspecified atom stereocenters. The van der Waals surface area contributed by atoms with E-state index in [9.17, 15) is 5.11 Å². The van der Waals surface area contributed by atoms with Gasteiger partial charge in [0.15, 0.2) is 0 Å². The molecule has 21 heavy (non-hydrogen) atoms. The van der Waals surface area contributed by atoms with Gasteiger partial charge < -0.3 is 5.11 Å². The van der Waals surface area contributed by atoms with Gasteiger partial charge in [0.05, 0.1) is 16.8 Å². The molecular formula is C17H23N3O. The summed E-state index contributed by atoms with van der Waals surface area (Å²) < 4.78 is 2.04. The molecule has 2 aromatic rings. The molecule has 0 amide bonds. The summed E-state index contributed by atoms with van der Waals surface area (Å²) in [4.78, 5) is 2.46. The first-order valence-electron chi connectivity index (χ1n) is 8.09. The van der Waals surface area contributed by atoms with Gasteiger partial charge in [0.2, 0.25) is 0 Å². The Labute approximate surface area is 125 Å². The quantitative estimate of drug-likeness (QED) is 0.936. The van der Waals surface area contributed by atoms with Crippen molar-refractivity contribution in [3.63, 3.8) is 0 Å². The average Bonchev–Trinajstić information content (AvgIpc) is 3.19. The van der Waals surface area contributed by atoms with Crippen LogP contribution in [0.15, 0.2) is 24.3 Å². The van der Waals surface area contributed by atoms with Gasteiger partial charge in [0.1, 0.15) is 0 Å². The maximum atomic E-state index is 10.9. The number of aryl methyl sites for hydroxylation is 1. The highest BCUT2D eigenvalue weighted by atomic mass is 16.3. The molecule has 1 saturated carbocycles. The van der Waals surface area contributed by atoms with Crippen LogP contribution in [0.5, 0.6) is 0 Å². The van der Waals surface area contributed by atoms with Crippen molar-refractivity contribution >= 4 is 10.9 Å². The van der Waals surface area contributed by atoms with Crippen molar-refractivity contribution in [2.24, 2.45) is 0 Å². The lowest BCUT2D eigenvalue weighted by atomic mass is 9.95. The standard InChI is InChI=1S/C17H23N3O/c1-2-20-16-6-4-3-5-14(16)15(18-20)11-17(21)9-10-19(12-17)13-7-8-13/h3-6,13,21H,2,7-12H2,1H3. The van der Waals surface area contributed by atoms with Crippen molar-refractivity contribution in [1.29, 1.82) is 0 Å². The molecule has 2 heterocycles. The van der Waals surface area contributed by atoms with Crippen molar-refractivity contribution in [2.75, 3.05) is 13.1 Å². The summed E-state index contributed by atoms with van der Waals surface area (Å²) in [7, 11) is 0. The zero-order valence-corrected chi connectivity index (χ0v) is 12.6. The Balaban J connectivity index is 1.62. The number of hydrogen-bond acceptors (Lipinski definition) is 3. The Morgan fingerprint density at radius 1 is 1.33 bits per heavy atom. The smallest absolute Gasteiger partial charge is 0.0842 e. The second-order valence-corrected chi connectivity index (χ2v) is 6.63. The number of rotatable bonds is 4. The molecule has 1 N–H and O–H groups in total. The number of para-hydroxylation sites is 1. The predicted molar refractivity (Wildman–Crippen MR) is 83.3 cm³/mol. The van der Waals surface area contributed by atoms with Gasteiger partial charge in [-0.15, -0.1) is 0 Å². The third-order valence-corrected chi connectivity index (χ3v) is 4.96. The van der Waals surface area contributed by atoms with Crippen LogP contribution in [0.4, 0.5) is 0 Å². The van der Waals surface area contributed by atoms with E-state index in [-0.39, 0.29) is 0 Å². The van der Waals surface area contributed by atoms with Crippen molar-refractivity contribution in [3.8, 4) is 0 Å². The largest absolute Gasteiger partial charge is 0.388 e. The number of aliphatic hydroxyl groups is 1. The van der Waals surface area contributed by atoms with Crippen LogP contribution in [0.2, 0.25) is 0 Å². The summed E-state index contributed by atoms with van der Waals surface area (Å²) in [6, 6.07) is 9.09. The van der Waals surface area contributed by atoms with Crippen molar-refractivity contribution < 1.29 is 5.11 Å². The normalized spacial score (nSPS) is 26.8. The average molecular weight is 285 g/mol. The van der Waals surface area contributed by atoms with Crippen molar-refractivity contribution in [3.05, 3.63) is 30.0 Å². The van der Waals surface area contributed by atoms with Crippen LogP contribution in [-0.2, 0) is 13.0 Å². The van der Waals surface area contributed by atoms with Crippen LogP contribution in [0.1, 0.15) is 31.9 Å². The Morgan fingerprint density at radius 3 is 2.90 bits per heavy atom. The molecule has 0 spiro atoms. The number of hydrogen-bond donors (Lipinski definition) is 1. The molecular weight excluding hydrogens is 262 g/mol. The number of likely N-dealkylation sites (tertiary alicyclic amines) is 1. The first-order valence-corrected chi connectivity index (χ1v) is 8.09. The van der Waals surface area contributed by atoms with Gasteiger partial charge in [-0.3, -0.25) is 9.58 Å². The van der Waals surface area contributed by atoms with Crippen LogP contribution in [0, 0.1) is 0 Å². The van der Waals surface area contributed by atoms with Gasteiger partial charge in [0.25, 0.3) is 0 Å². The molecule has 112 valence electrons. The number of aromatic nitrogens is 2. The van der Waals surface area contributed by atoms with Crippen molar-refractivity contribution in [1.82, 2.24) is 14.7 Å². The molecule has 2 fully saturated rings. The van der Waals surface area contributed by atoms with Gasteiger partial charge in [-0.05, 0) is 32.3 Å². The summed E-state index contributed by atoms with van der Waals surface area (Å²) in [6.07, 6.45) is 4.16. The van der Waals surface area contributed by atoms with Crippen LogP contribution >= 0.6 is 0 Å². The molecule has 1 aromatic heterocycles.